The maximum Gasteiger partial charge on any atom is 0.0504 e. The number of aryl methyl sites for hydroxylation is 1. The Hall–Kier alpha value is -1.91. The molecule has 5 N–H and O–H groups in total. The van der Waals surface area contributed by atoms with Crippen molar-refractivity contribution >= 4 is 5.69 Å². The third-order valence-corrected chi connectivity index (χ3v) is 3.13. The molecule has 0 aliphatic rings. The van der Waals surface area contributed by atoms with Gasteiger partial charge < -0.3 is 5.73 Å². The van der Waals surface area contributed by atoms with Crippen LogP contribution in [-0.4, -0.2) is 4.98 Å². The Balaban J connectivity index is 2.26. The van der Waals surface area contributed by atoms with Gasteiger partial charge in [0.2, 0.25) is 0 Å². The van der Waals surface area contributed by atoms with Gasteiger partial charge in [-0.15, -0.1) is 0 Å². The first-order chi connectivity index (χ1) is 8.72. The number of hydrazine groups is 1. The van der Waals surface area contributed by atoms with Crippen molar-refractivity contribution in [2.24, 2.45) is 5.84 Å². The quantitative estimate of drug-likeness (QED) is 0.563. The van der Waals surface area contributed by atoms with Crippen molar-refractivity contribution in [3.05, 3.63) is 59.4 Å². The Morgan fingerprint density at radius 2 is 2.06 bits per heavy atom. The van der Waals surface area contributed by atoms with Crippen LogP contribution in [0, 0.1) is 6.92 Å². The summed E-state index contributed by atoms with van der Waals surface area (Å²) in [7, 11) is 0. The number of pyridine rings is 1. The Bertz CT molecular complexity index is 525. The highest BCUT2D eigenvalue weighted by Gasteiger charge is 2.13. The molecule has 4 nitrogen and oxygen atoms in total. The number of nitrogens with one attached hydrogen (secondary N) is 1. The Morgan fingerprint density at radius 1 is 1.28 bits per heavy atom. The third kappa shape index (κ3) is 2.67. The van der Waals surface area contributed by atoms with Crippen molar-refractivity contribution in [2.75, 3.05) is 5.73 Å². The van der Waals surface area contributed by atoms with Gasteiger partial charge in [-0.3, -0.25) is 16.3 Å². The van der Waals surface area contributed by atoms with Gasteiger partial charge in [-0.1, -0.05) is 24.3 Å². The molecule has 0 aliphatic heterocycles. The molecular formula is C14H18N4. The average Bonchev–Trinajstić information content (AvgIpc) is 2.39. The average molecular weight is 242 g/mol. The van der Waals surface area contributed by atoms with E-state index in [4.69, 9.17) is 11.6 Å². The maximum atomic E-state index is 5.93. The summed E-state index contributed by atoms with van der Waals surface area (Å²) >= 11 is 0. The largest absolute Gasteiger partial charge is 0.398 e. The van der Waals surface area contributed by atoms with Crippen LogP contribution in [-0.2, 0) is 6.42 Å². The second-order valence-corrected chi connectivity index (χ2v) is 4.35. The summed E-state index contributed by atoms with van der Waals surface area (Å²) in [6, 6.07) is 10.0. The first-order valence-electron chi connectivity index (χ1n) is 5.92. The molecule has 1 aromatic heterocycles. The summed E-state index contributed by atoms with van der Waals surface area (Å²) in [6.45, 7) is 2.08. The van der Waals surface area contributed by atoms with Crippen molar-refractivity contribution < 1.29 is 0 Å². The molecule has 0 saturated carbocycles. The standard InChI is InChI=1S/C14H18N4/c1-10-4-2-3-5-12(10)14(18-16)8-11-9-17-7-6-13(11)15/h2-7,9,14,18H,8,16H2,1H3,(H2,15,17). The molecule has 0 radical (unpaired) electrons. The van der Waals surface area contributed by atoms with Crippen LogP contribution < -0.4 is 17.0 Å². The number of benzene rings is 1. The second-order valence-electron chi connectivity index (χ2n) is 4.35. The molecule has 0 saturated heterocycles. The Morgan fingerprint density at radius 3 is 2.72 bits per heavy atom. The lowest BCUT2D eigenvalue weighted by Crippen LogP contribution is -2.30. The summed E-state index contributed by atoms with van der Waals surface area (Å²) < 4.78 is 0. The first kappa shape index (κ1) is 12.5. The van der Waals surface area contributed by atoms with Crippen molar-refractivity contribution in [1.82, 2.24) is 10.4 Å². The highest BCUT2D eigenvalue weighted by Crippen LogP contribution is 2.22. The predicted octanol–water partition coefficient (Wildman–Crippen LogP) is 1.72. The van der Waals surface area contributed by atoms with Crippen LogP contribution in [0.15, 0.2) is 42.7 Å². The molecule has 2 aromatic rings. The molecule has 4 heteroatoms. The van der Waals surface area contributed by atoms with Crippen molar-refractivity contribution in [3.63, 3.8) is 0 Å². The van der Waals surface area contributed by atoms with Gasteiger partial charge in [-0.05, 0) is 36.1 Å². The highest BCUT2D eigenvalue weighted by atomic mass is 15.2. The molecule has 1 unspecified atom stereocenters. The normalized spacial score (nSPS) is 12.3. The van der Waals surface area contributed by atoms with Crippen LogP contribution in [0.25, 0.3) is 0 Å². The van der Waals surface area contributed by atoms with Crippen molar-refractivity contribution in [2.45, 2.75) is 19.4 Å². The summed E-state index contributed by atoms with van der Waals surface area (Å²) in [4.78, 5) is 4.10. The van der Waals surface area contributed by atoms with Gasteiger partial charge in [-0.2, -0.15) is 0 Å². The zero-order valence-electron chi connectivity index (χ0n) is 10.4. The van der Waals surface area contributed by atoms with Crippen molar-refractivity contribution in [3.8, 4) is 0 Å². The monoisotopic (exact) mass is 242 g/mol. The van der Waals surface area contributed by atoms with Crippen LogP contribution >= 0.6 is 0 Å². The van der Waals surface area contributed by atoms with E-state index in [0.717, 1.165) is 17.7 Å². The van der Waals surface area contributed by atoms with E-state index in [2.05, 4.69) is 29.5 Å². The fraction of sp³-hybridized carbons (Fsp3) is 0.214. The van der Waals surface area contributed by atoms with E-state index in [0.29, 0.717) is 0 Å². The molecule has 94 valence electrons. The first-order valence-corrected chi connectivity index (χ1v) is 5.92. The van der Waals surface area contributed by atoms with E-state index in [-0.39, 0.29) is 6.04 Å². The fourth-order valence-corrected chi connectivity index (χ4v) is 2.06. The number of aromatic nitrogens is 1. The van der Waals surface area contributed by atoms with Gasteiger partial charge in [0.05, 0.1) is 6.04 Å². The van der Waals surface area contributed by atoms with Gasteiger partial charge in [-0.25, -0.2) is 0 Å². The van der Waals surface area contributed by atoms with Gasteiger partial charge in [0.15, 0.2) is 0 Å². The molecule has 1 atom stereocenters. The summed E-state index contributed by atoms with van der Waals surface area (Å²) in [6.07, 6.45) is 4.20. The summed E-state index contributed by atoms with van der Waals surface area (Å²) in [5.41, 5.74) is 12.9. The number of nitrogens with two attached hydrogens (primary N) is 2. The lowest BCUT2D eigenvalue weighted by molar-refractivity contribution is 0.549. The smallest absolute Gasteiger partial charge is 0.0504 e. The summed E-state index contributed by atoms with van der Waals surface area (Å²) in [5.74, 6) is 5.66. The second kappa shape index (κ2) is 5.62. The van der Waals surface area contributed by atoms with Gasteiger partial charge in [0, 0.05) is 18.1 Å². The molecular weight excluding hydrogens is 224 g/mol. The lowest BCUT2D eigenvalue weighted by atomic mass is 9.96. The number of rotatable bonds is 4. The number of anilines is 1. The predicted molar refractivity (Wildman–Crippen MR) is 73.6 cm³/mol. The lowest BCUT2D eigenvalue weighted by Gasteiger charge is -2.19. The van der Waals surface area contributed by atoms with Crippen LogP contribution in [0.2, 0.25) is 0 Å². The van der Waals surface area contributed by atoms with Gasteiger partial charge >= 0.3 is 0 Å². The Kier molecular flexibility index (Phi) is 3.92. The van der Waals surface area contributed by atoms with Crippen LogP contribution in [0.4, 0.5) is 5.69 Å². The molecule has 0 aliphatic carbocycles. The van der Waals surface area contributed by atoms with Gasteiger partial charge in [0.1, 0.15) is 0 Å². The molecule has 0 spiro atoms. The van der Waals surface area contributed by atoms with E-state index in [1.54, 1.807) is 18.5 Å². The fourth-order valence-electron chi connectivity index (χ4n) is 2.06. The van der Waals surface area contributed by atoms with Crippen LogP contribution in [0.5, 0.6) is 0 Å². The minimum absolute atomic E-state index is 0.0395. The topological polar surface area (TPSA) is 77.0 Å². The van der Waals surface area contributed by atoms with E-state index >= 15 is 0 Å². The van der Waals surface area contributed by atoms with E-state index in [1.807, 2.05) is 12.1 Å². The molecule has 0 fully saturated rings. The maximum absolute atomic E-state index is 5.93. The Labute approximate surface area is 107 Å². The number of nitrogens with zero attached hydrogens (tertiary/aromatic N) is 1. The minimum Gasteiger partial charge on any atom is -0.398 e. The molecule has 0 bridgehead atoms. The highest BCUT2D eigenvalue weighted by molar-refractivity contribution is 5.45. The molecule has 18 heavy (non-hydrogen) atoms. The minimum atomic E-state index is 0.0395. The molecule has 2 rings (SSSR count). The zero-order chi connectivity index (χ0) is 13.0. The van der Waals surface area contributed by atoms with Gasteiger partial charge in [0.25, 0.3) is 0 Å². The van der Waals surface area contributed by atoms with E-state index < -0.39 is 0 Å². The third-order valence-electron chi connectivity index (χ3n) is 3.13. The number of hydrogen-bond donors (Lipinski definition) is 3. The molecule has 1 aromatic carbocycles. The van der Waals surface area contributed by atoms with Crippen molar-refractivity contribution in [1.29, 1.82) is 0 Å². The summed E-state index contributed by atoms with van der Waals surface area (Å²) in [5, 5.41) is 0. The SMILES string of the molecule is Cc1ccccc1C(Cc1cnccc1N)NN. The molecule has 1 heterocycles. The van der Waals surface area contributed by atoms with E-state index in [1.165, 1.54) is 11.1 Å². The number of hydrogen-bond acceptors (Lipinski definition) is 4. The zero-order valence-corrected chi connectivity index (χ0v) is 10.4. The van der Waals surface area contributed by atoms with Crippen LogP contribution in [0.3, 0.4) is 0 Å². The van der Waals surface area contributed by atoms with E-state index in [9.17, 15) is 0 Å². The number of nitrogen functional groups attached to an aromatic ring is 1. The molecule has 0 amide bonds. The van der Waals surface area contributed by atoms with Crippen LogP contribution in [0.1, 0.15) is 22.7 Å².